The van der Waals surface area contributed by atoms with Crippen molar-refractivity contribution in [2.75, 3.05) is 6.61 Å². The molecule has 0 amide bonds. The molecule has 0 atom stereocenters. The largest absolute Gasteiger partial charge is 0.494 e. The van der Waals surface area contributed by atoms with E-state index < -0.39 is 7.38 Å². The Bertz CT molecular complexity index is 330. The molecule has 0 heterocycles. The van der Waals surface area contributed by atoms with Gasteiger partial charge in [-0.15, -0.1) is 0 Å². The van der Waals surface area contributed by atoms with Gasteiger partial charge in [-0.2, -0.15) is 11.1 Å². The first-order valence-corrected chi connectivity index (χ1v) is 9.60. The summed E-state index contributed by atoms with van der Waals surface area (Å²) in [6.07, 6.45) is 1.81. The van der Waals surface area contributed by atoms with E-state index in [2.05, 4.69) is 13.1 Å². The molecule has 0 bridgehead atoms. The van der Waals surface area contributed by atoms with E-state index in [1.54, 1.807) is 12.1 Å². The lowest BCUT2D eigenvalue weighted by Gasteiger charge is -2.12. The van der Waals surface area contributed by atoms with Crippen LogP contribution < -0.4 is 4.74 Å². The van der Waals surface area contributed by atoms with Gasteiger partial charge in [0.25, 0.3) is 0 Å². The molecule has 0 aliphatic rings. The van der Waals surface area contributed by atoms with Gasteiger partial charge in [-0.25, -0.2) is 0 Å². The summed E-state index contributed by atoms with van der Waals surface area (Å²) in [5.41, 5.74) is 0.668. The summed E-state index contributed by atoms with van der Waals surface area (Å²) >= 11 is 6.20. The highest BCUT2D eigenvalue weighted by Gasteiger charge is 2.15. The van der Waals surface area contributed by atoms with Crippen molar-refractivity contribution in [3.8, 4) is 5.75 Å². The molecule has 4 heteroatoms. The summed E-state index contributed by atoms with van der Waals surface area (Å²) in [5.74, 6) is 0.805. The van der Waals surface area contributed by atoms with Gasteiger partial charge in [0.15, 0.2) is 7.38 Å². The zero-order valence-corrected chi connectivity index (χ0v) is 11.5. The highest BCUT2D eigenvalue weighted by molar-refractivity contribution is 7.19. The van der Waals surface area contributed by atoms with E-state index >= 15 is 0 Å². The van der Waals surface area contributed by atoms with Crippen molar-refractivity contribution < 1.29 is 9.53 Å². The average molecular weight is 257 g/mol. The number of halogens is 1. The molecule has 0 aromatic heterocycles. The van der Waals surface area contributed by atoms with E-state index in [-0.39, 0.29) is 0 Å². The Kier molecular flexibility index (Phi) is 5.02. The van der Waals surface area contributed by atoms with Gasteiger partial charge in [0.2, 0.25) is 0 Å². The van der Waals surface area contributed by atoms with Crippen LogP contribution in [0.3, 0.4) is 0 Å². The number of aldehydes is 1. The fourth-order valence-corrected chi connectivity index (χ4v) is 2.71. The number of hydrogen-bond donors (Lipinski definition) is 0. The maximum absolute atomic E-state index is 10.4. The molecule has 88 valence electrons. The molecule has 2 nitrogen and oxygen atoms in total. The van der Waals surface area contributed by atoms with Gasteiger partial charge in [0, 0.05) is 5.56 Å². The quantitative estimate of drug-likeness (QED) is 0.336. The summed E-state index contributed by atoms with van der Waals surface area (Å²) in [5, 5.41) is 0. The minimum Gasteiger partial charge on any atom is -0.494 e. The smallest absolute Gasteiger partial charge is 0.150 e. The first kappa shape index (κ1) is 13.3. The summed E-state index contributed by atoms with van der Waals surface area (Å²) in [6.45, 7) is 4.95. The van der Waals surface area contributed by atoms with E-state index in [0.29, 0.717) is 12.2 Å². The molecule has 1 rings (SSSR count). The number of rotatable bonds is 6. The second-order valence-electron chi connectivity index (χ2n) is 4.36. The van der Waals surface area contributed by atoms with Gasteiger partial charge in [0.1, 0.15) is 12.0 Å². The van der Waals surface area contributed by atoms with Crippen molar-refractivity contribution >= 4 is 24.7 Å². The van der Waals surface area contributed by atoms with Crippen molar-refractivity contribution in [1.29, 1.82) is 0 Å². The van der Waals surface area contributed by atoms with E-state index in [1.807, 2.05) is 12.1 Å². The number of carbonyl (C=O) groups excluding carboxylic acids is 1. The highest BCUT2D eigenvalue weighted by atomic mass is 35.6. The van der Waals surface area contributed by atoms with Crippen LogP contribution in [0.25, 0.3) is 0 Å². The van der Waals surface area contributed by atoms with Crippen molar-refractivity contribution in [3.05, 3.63) is 29.8 Å². The molecule has 0 fully saturated rings. The first-order valence-electron chi connectivity index (χ1n) is 5.38. The number of benzene rings is 1. The Labute approximate surface area is 102 Å². The van der Waals surface area contributed by atoms with Crippen molar-refractivity contribution in [1.82, 2.24) is 0 Å². The molecular formula is C12H17ClO2Si. The van der Waals surface area contributed by atoms with Gasteiger partial charge in [-0.1, -0.05) is 13.1 Å². The van der Waals surface area contributed by atoms with E-state index in [1.165, 1.54) is 0 Å². The van der Waals surface area contributed by atoms with Crippen LogP contribution in [0.4, 0.5) is 0 Å². The maximum atomic E-state index is 10.4. The van der Waals surface area contributed by atoms with E-state index in [4.69, 9.17) is 15.8 Å². The molecule has 1 aromatic carbocycles. The van der Waals surface area contributed by atoms with Crippen LogP contribution in [0.2, 0.25) is 19.1 Å². The van der Waals surface area contributed by atoms with Crippen molar-refractivity contribution in [2.45, 2.75) is 25.6 Å². The third-order valence-corrected chi connectivity index (χ3v) is 4.31. The number of hydrogen-bond acceptors (Lipinski definition) is 2. The Balaban J connectivity index is 2.29. The van der Waals surface area contributed by atoms with Gasteiger partial charge in [-0.3, -0.25) is 4.79 Å². The van der Waals surface area contributed by atoms with Crippen LogP contribution in [0.15, 0.2) is 24.3 Å². The van der Waals surface area contributed by atoms with Crippen molar-refractivity contribution in [2.24, 2.45) is 0 Å². The number of carbonyl (C=O) groups is 1. The molecule has 0 saturated heterocycles. The first-order chi connectivity index (χ1) is 7.51. The second-order valence-corrected chi connectivity index (χ2v) is 11.4. The molecule has 0 saturated carbocycles. The normalized spacial score (nSPS) is 11.2. The summed E-state index contributed by atoms with van der Waals surface area (Å²) in [7, 11) is -1.46. The molecule has 0 aliphatic carbocycles. The molecule has 0 unspecified atom stereocenters. The van der Waals surface area contributed by atoms with Crippen LogP contribution in [-0.4, -0.2) is 20.3 Å². The minimum atomic E-state index is -1.46. The van der Waals surface area contributed by atoms with Crippen LogP contribution in [0, 0.1) is 0 Å². The molecule has 16 heavy (non-hydrogen) atoms. The minimum absolute atomic E-state index is 0.668. The predicted molar refractivity (Wildman–Crippen MR) is 70.1 cm³/mol. The molecule has 0 radical (unpaired) electrons. The lowest BCUT2D eigenvalue weighted by molar-refractivity contribution is 0.112. The summed E-state index contributed by atoms with van der Waals surface area (Å²) in [6, 6.07) is 8.19. The zero-order chi connectivity index (χ0) is 12.0. The van der Waals surface area contributed by atoms with Crippen LogP contribution in [0.1, 0.15) is 16.8 Å². The molecular weight excluding hydrogens is 240 g/mol. The average Bonchev–Trinajstić information content (AvgIpc) is 2.24. The Morgan fingerprint density at radius 1 is 1.31 bits per heavy atom. The fraction of sp³-hybridized carbons (Fsp3) is 0.417. The second kappa shape index (κ2) is 6.06. The van der Waals surface area contributed by atoms with Gasteiger partial charge >= 0.3 is 0 Å². The lowest BCUT2D eigenvalue weighted by atomic mass is 10.2. The van der Waals surface area contributed by atoms with Gasteiger partial charge in [0.05, 0.1) is 6.61 Å². The SMILES string of the molecule is C[Si](C)(Cl)CCCOc1ccc(C=O)cc1. The Morgan fingerprint density at radius 2 is 1.94 bits per heavy atom. The highest BCUT2D eigenvalue weighted by Crippen LogP contribution is 2.17. The van der Waals surface area contributed by atoms with E-state index in [0.717, 1.165) is 24.5 Å². The monoisotopic (exact) mass is 256 g/mol. The molecule has 0 N–H and O–H groups in total. The van der Waals surface area contributed by atoms with Crippen molar-refractivity contribution in [3.63, 3.8) is 0 Å². The van der Waals surface area contributed by atoms with Crippen LogP contribution in [0.5, 0.6) is 5.75 Å². The third kappa shape index (κ3) is 5.33. The Morgan fingerprint density at radius 3 is 2.44 bits per heavy atom. The summed E-state index contributed by atoms with van der Waals surface area (Å²) in [4.78, 5) is 10.4. The van der Waals surface area contributed by atoms with Crippen LogP contribution in [-0.2, 0) is 0 Å². The fourth-order valence-electron chi connectivity index (χ4n) is 1.33. The lowest BCUT2D eigenvalue weighted by Crippen LogP contribution is -2.16. The molecule has 0 spiro atoms. The Hall–Kier alpha value is -0.803. The van der Waals surface area contributed by atoms with Crippen LogP contribution >= 0.6 is 11.1 Å². The summed E-state index contributed by atoms with van der Waals surface area (Å²) < 4.78 is 5.55. The third-order valence-electron chi connectivity index (χ3n) is 2.20. The van der Waals surface area contributed by atoms with Gasteiger partial charge < -0.3 is 4.74 Å². The number of ether oxygens (including phenoxy) is 1. The predicted octanol–water partition coefficient (Wildman–Crippen LogP) is 3.71. The maximum Gasteiger partial charge on any atom is 0.150 e. The van der Waals surface area contributed by atoms with Gasteiger partial charge in [-0.05, 0) is 36.7 Å². The molecule has 0 aliphatic heterocycles. The molecule has 1 aromatic rings. The zero-order valence-electron chi connectivity index (χ0n) is 9.70. The topological polar surface area (TPSA) is 26.3 Å². The standard InChI is InChI=1S/C12H17ClO2Si/c1-16(2,13)9-3-8-15-12-6-4-11(10-14)5-7-12/h4-7,10H,3,8-9H2,1-2H3. The van der Waals surface area contributed by atoms with E-state index in [9.17, 15) is 4.79 Å².